The molecule has 3 N–H and O–H groups in total. The predicted octanol–water partition coefficient (Wildman–Crippen LogP) is 3.48. The van der Waals surface area contributed by atoms with Gasteiger partial charge in [-0.1, -0.05) is 11.6 Å². The average molecular weight is 329 g/mol. The number of benzene rings is 2. The summed E-state index contributed by atoms with van der Waals surface area (Å²) < 4.78 is 40.1. The van der Waals surface area contributed by atoms with Gasteiger partial charge in [0.2, 0.25) is 0 Å². The lowest BCUT2D eigenvalue weighted by Gasteiger charge is -2.12. The van der Waals surface area contributed by atoms with Crippen LogP contribution >= 0.6 is 11.6 Å². The number of hydrogen-bond acceptors (Lipinski definition) is 3. The summed E-state index contributed by atoms with van der Waals surface area (Å²) in [5.74, 6) is -0.586. The highest BCUT2D eigenvalue weighted by Gasteiger charge is 2.18. The van der Waals surface area contributed by atoms with Crippen LogP contribution in [0.15, 0.2) is 35.2 Å². The minimum Gasteiger partial charge on any atom is -0.398 e. The second-order valence-electron chi connectivity index (χ2n) is 4.68. The van der Waals surface area contributed by atoms with Crippen LogP contribution < -0.4 is 10.5 Å². The van der Waals surface area contributed by atoms with Crippen LogP contribution in [-0.4, -0.2) is 8.42 Å². The molecular weight excluding hydrogens is 315 g/mol. The van der Waals surface area contributed by atoms with Gasteiger partial charge in [-0.15, -0.1) is 0 Å². The van der Waals surface area contributed by atoms with E-state index < -0.39 is 15.8 Å². The van der Waals surface area contributed by atoms with Crippen LogP contribution in [0.2, 0.25) is 5.02 Å². The van der Waals surface area contributed by atoms with Crippen molar-refractivity contribution in [1.29, 1.82) is 0 Å². The van der Waals surface area contributed by atoms with Gasteiger partial charge in [0.1, 0.15) is 5.82 Å². The van der Waals surface area contributed by atoms with Crippen molar-refractivity contribution in [2.24, 2.45) is 0 Å². The van der Waals surface area contributed by atoms with Gasteiger partial charge in [-0.25, -0.2) is 12.8 Å². The molecule has 4 nitrogen and oxygen atoms in total. The molecule has 0 radical (unpaired) electrons. The lowest BCUT2D eigenvalue weighted by molar-refractivity contribution is 0.601. The van der Waals surface area contributed by atoms with Gasteiger partial charge in [0.25, 0.3) is 10.0 Å². The lowest BCUT2D eigenvalue weighted by atomic mass is 10.1. The molecule has 112 valence electrons. The van der Waals surface area contributed by atoms with Crippen molar-refractivity contribution in [2.45, 2.75) is 18.7 Å². The highest BCUT2D eigenvalue weighted by molar-refractivity contribution is 7.92. The molecule has 0 saturated carbocycles. The van der Waals surface area contributed by atoms with E-state index in [4.69, 9.17) is 17.3 Å². The zero-order chi connectivity index (χ0) is 15.8. The Kier molecular flexibility index (Phi) is 4.11. The van der Waals surface area contributed by atoms with Gasteiger partial charge in [-0.05, 0) is 55.3 Å². The van der Waals surface area contributed by atoms with E-state index in [1.807, 2.05) is 0 Å². The van der Waals surface area contributed by atoms with Crippen LogP contribution in [0.1, 0.15) is 11.1 Å². The third kappa shape index (κ3) is 3.28. The zero-order valence-electron chi connectivity index (χ0n) is 11.4. The molecule has 0 heterocycles. The Morgan fingerprint density at radius 2 is 1.86 bits per heavy atom. The summed E-state index contributed by atoms with van der Waals surface area (Å²) in [6.07, 6.45) is 0. The molecule has 0 unspecified atom stereocenters. The number of rotatable bonds is 3. The Labute approximate surface area is 127 Å². The zero-order valence-corrected chi connectivity index (χ0v) is 13.0. The summed E-state index contributed by atoms with van der Waals surface area (Å²) in [5.41, 5.74) is 7.71. The predicted molar refractivity (Wildman–Crippen MR) is 82.5 cm³/mol. The molecule has 0 spiro atoms. The van der Waals surface area contributed by atoms with Gasteiger partial charge in [0.15, 0.2) is 0 Å². The molecule has 0 fully saturated rings. The van der Waals surface area contributed by atoms with E-state index in [1.165, 1.54) is 18.2 Å². The first-order valence-electron chi connectivity index (χ1n) is 6.05. The van der Waals surface area contributed by atoms with Crippen molar-refractivity contribution in [3.8, 4) is 0 Å². The third-order valence-corrected chi connectivity index (χ3v) is 4.84. The van der Waals surface area contributed by atoms with Gasteiger partial charge >= 0.3 is 0 Å². The van der Waals surface area contributed by atoms with Gasteiger partial charge in [-0.2, -0.15) is 0 Å². The topological polar surface area (TPSA) is 72.2 Å². The van der Waals surface area contributed by atoms with E-state index in [0.29, 0.717) is 5.69 Å². The lowest BCUT2D eigenvalue weighted by Crippen LogP contribution is -2.14. The number of hydrogen-bond donors (Lipinski definition) is 2. The number of aryl methyl sites for hydroxylation is 1. The van der Waals surface area contributed by atoms with E-state index in [-0.39, 0.29) is 15.6 Å². The van der Waals surface area contributed by atoms with Crippen molar-refractivity contribution in [3.63, 3.8) is 0 Å². The van der Waals surface area contributed by atoms with Crippen LogP contribution in [-0.2, 0) is 10.0 Å². The fraction of sp³-hybridized carbons (Fsp3) is 0.143. The normalized spacial score (nSPS) is 11.4. The highest BCUT2D eigenvalue weighted by Crippen LogP contribution is 2.27. The fourth-order valence-corrected chi connectivity index (χ4v) is 3.20. The Morgan fingerprint density at radius 1 is 1.19 bits per heavy atom. The maximum Gasteiger partial charge on any atom is 0.262 e. The molecule has 0 aliphatic carbocycles. The van der Waals surface area contributed by atoms with Crippen LogP contribution in [0.4, 0.5) is 15.8 Å². The second-order valence-corrected chi connectivity index (χ2v) is 6.77. The summed E-state index contributed by atoms with van der Waals surface area (Å²) in [4.78, 5) is 0.00317. The number of nitrogens with one attached hydrogen (secondary N) is 1. The van der Waals surface area contributed by atoms with Crippen molar-refractivity contribution in [1.82, 2.24) is 0 Å². The maximum atomic E-state index is 13.2. The average Bonchev–Trinajstić information content (AvgIpc) is 2.39. The van der Waals surface area contributed by atoms with Crippen molar-refractivity contribution < 1.29 is 12.8 Å². The van der Waals surface area contributed by atoms with Crippen molar-refractivity contribution in [2.75, 3.05) is 10.5 Å². The second kappa shape index (κ2) is 5.54. The molecule has 0 aliphatic rings. The Balaban J connectivity index is 2.46. The standard InChI is InChI=1S/C14H14ClFN2O2S/c1-8-5-11(7-13(17)9(8)2)21(19,20)18-14-6-10(16)3-4-12(14)15/h3-7,18H,17H2,1-2H3. The Bertz CT molecular complexity index is 784. The molecule has 2 aromatic rings. The number of nitrogens with two attached hydrogens (primary N) is 1. The molecule has 7 heteroatoms. The Hall–Kier alpha value is -1.79. The number of sulfonamides is 1. The molecular formula is C14H14ClFN2O2S. The van der Waals surface area contributed by atoms with Gasteiger partial charge in [0, 0.05) is 5.69 Å². The summed E-state index contributed by atoms with van der Waals surface area (Å²) >= 11 is 5.86. The van der Waals surface area contributed by atoms with E-state index in [2.05, 4.69) is 4.72 Å². The molecule has 0 aliphatic heterocycles. The van der Waals surface area contributed by atoms with Crippen LogP contribution in [0, 0.1) is 19.7 Å². The minimum absolute atomic E-state index is 0.00317. The largest absolute Gasteiger partial charge is 0.398 e. The third-order valence-electron chi connectivity index (χ3n) is 3.16. The van der Waals surface area contributed by atoms with E-state index in [0.717, 1.165) is 23.3 Å². The van der Waals surface area contributed by atoms with E-state index in [9.17, 15) is 12.8 Å². The highest BCUT2D eigenvalue weighted by atomic mass is 35.5. The molecule has 2 aromatic carbocycles. The fourth-order valence-electron chi connectivity index (χ4n) is 1.79. The van der Waals surface area contributed by atoms with Gasteiger partial charge in [0.05, 0.1) is 15.6 Å². The van der Waals surface area contributed by atoms with Crippen LogP contribution in [0.3, 0.4) is 0 Å². The molecule has 0 amide bonds. The van der Waals surface area contributed by atoms with Gasteiger partial charge < -0.3 is 5.73 Å². The molecule has 2 rings (SSSR count). The molecule has 0 saturated heterocycles. The Morgan fingerprint density at radius 3 is 2.48 bits per heavy atom. The quantitative estimate of drug-likeness (QED) is 0.847. The first-order valence-corrected chi connectivity index (χ1v) is 7.91. The molecule has 21 heavy (non-hydrogen) atoms. The molecule has 0 aromatic heterocycles. The van der Waals surface area contributed by atoms with E-state index >= 15 is 0 Å². The molecule has 0 bridgehead atoms. The number of anilines is 2. The summed E-state index contributed by atoms with van der Waals surface area (Å²) in [7, 11) is -3.90. The smallest absolute Gasteiger partial charge is 0.262 e. The van der Waals surface area contributed by atoms with Crippen molar-refractivity contribution >= 4 is 33.0 Å². The first-order chi connectivity index (χ1) is 9.70. The summed E-state index contributed by atoms with van der Waals surface area (Å²) in [5, 5.41) is 0.108. The van der Waals surface area contributed by atoms with Gasteiger partial charge in [-0.3, -0.25) is 4.72 Å². The first kappa shape index (κ1) is 15.6. The maximum absolute atomic E-state index is 13.2. The van der Waals surface area contributed by atoms with Crippen molar-refractivity contribution in [3.05, 3.63) is 52.3 Å². The molecule has 0 atom stereocenters. The summed E-state index contributed by atoms with van der Waals surface area (Å²) in [6.45, 7) is 3.57. The van der Waals surface area contributed by atoms with E-state index in [1.54, 1.807) is 13.8 Å². The minimum atomic E-state index is -3.90. The number of nitrogen functional groups attached to an aromatic ring is 1. The monoisotopic (exact) mass is 328 g/mol. The summed E-state index contributed by atoms with van der Waals surface area (Å²) in [6, 6.07) is 6.31. The van der Waals surface area contributed by atoms with Crippen LogP contribution in [0.5, 0.6) is 0 Å². The number of halogens is 2. The van der Waals surface area contributed by atoms with Crippen LogP contribution in [0.25, 0.3) is 0 Å². The SMILES string of the molecule is Cc1cc(S(=O)(=O)Nc2cc(F)ccc2Cl)cc(N)c1C.